The van der Waals surface area contributed by atoms with Crippen LogP contribution in [0, 0.1) is 0 Å². The first kappa shape index (κ1) is 9.08. The van der Waals surface area contributed by atoms with Crippen molar-refractivity contribution in [1.29, 1.82) is 0 Å². The van der Waals surface area contributed by atoms with Crippen LogP contribution in [0.25, 0.3) is 0 Å². The molecular formula is C9H15ClO. The number of ether oxygens (including phenoxy) is 1. The van der Waals surface area contributed by atoms with Crippen molar-refractivity contribution in [2.24, 2.45) is 0 Å². The molecule has 1 aliphatic rings. The highest BCUT2D eigenvalue weighted by Gasteiger charge is 2.18. The minimum Gasteiger partial charge on any atom is -0.380 e. The molecule has 11 heavy (non-hydrogen) atoms. The first-order valence-corrected chi connectivity index (χ1v) is 4.60. The van der Waals surface area contributed by atoms with Crippen molar-refractivity contribution in [3.05, 3.63) is 12.2 Å². The number of allylic oxidation sites excluding steroid dienone is 2. The minimum atomic E-state index is 0.199. The average Bonchev–Trinajstić information content (AvgIpc) is 1.98. The molecule has 0 amide bonds. The van der Waals surface area contributed by atoms with E-state index in [0.717, 1.165) is 25.7 Å². The van der Waals surface area contributed by atoms with E-state index in [1.165, 1.54) is 0 Å². The van der Waals surface area contributed by atoms with Crippen LogP contribution < -0.4 is 0 Å². The average molecular weight is 175 g/mol. The van der Waals surface area contributed by atoms with Gasteiger partial charge in [0.25, 0.3) is 0 Å². The van der Waals surface area contributed by atoms with Crippen molar-refractivity contribution in [2.75, 3.05) is 7.11 Å². The molecule has 2 heteroatoms. The fourth-order valence-corrected chi connectivity index (χ4v) is 1.74. The molecule has 0 spiro atoms. The molecule has 0 saturated carbocycles. The second-order valence-electron chi connectivity index (χ2n) is 2.92. The first-order chi connectivity index (χ1) is 5.34. The zero-order valence-corrected chi connectivity index (χ0v) is 7.68. The van der Waals surface area contributed by atoms with Gasteiger partial charge in [-0.15, -0.1) is 11.6 Å². The van der Waals surface area contributed by atoms with Gasteiger partial charge >= 0.3 is 0 Å². The predicted octanol–water partition coefficient (Wildman–Crippen LogP) is 2.74. The fourth-order valence-electron chi connectivity index (χ4n) is 1.38. The Bertz CT molecular complexity index is 134. The van der Waals surface area contributed by atoms with Crippen LogP contribution in [0.15, 0.2) is 12.2 Å². The first-order valence-electron chi connectivity index (χ1n) is 4.16. The maximum absolute atomic E-state index is 6.10. The van der Waals surface area contributed by atoms with E-state index >= 15 is 0 Å². The highest BCUT2D eigenvalue weighted by molar-refractivity contribution is 6.21. The number of hydrogen-bond acceptors (Lipinski definition) is 1. The Kier molecular flexibility index (Phi) is 3.95. The third-order valence-electron chi connectivity index (χ3n) is 2.10. The summed E-state index contributed by atoms with van der Waals surface area (Å²) in [5.41, 5.74) is 0. The molecule has 64 valence electrons. The van der Waals surface area contributed by atoms with Gasteiger partial charge < -0.3 is 4.74 Å². The van der Waals surface area contributed by atoms with E-state index in [-0.39, 0.29) is 11.5 Å². The Hall–Kier alpha value is -0.0100. The van der Waals surface area contributed by atoms with Crippen molar-refractivity contribution in [3.8, 4) is 0 Å². The largest absolute Gasteiger partial charge is 0.380 e. The van der Waals surface area contributed by atoms with Gasteiger partial charge in [-0.1, -0.05) is 12.2 Å². The Labute approximate surface area is 73.4 Å². The smallest absolute Gasteiger partial charge is 0.0737 e. The summed E-state index contributed by atoms with van der Waals surface area (Å²) in [6.45, 7) is 0. The summed E-state index contributed by atoms with van der Waals surface area (Å²) in [7, 11) is 1.74. The lowest BCUT2D eigenvalue weighted by atomic mass is 10.0. The topological polar surface area (TPSA) is 9.23 Å². The summed E-state index contributed by atoms with van der Waals surface area (Å²) in [6, 6.07) is 0. The lowest BCUT2D eigenvalue weighted by Crippen LogP contribution is -2.23. The van der Waals surface area contributed by atoms with E-state index in [2.05, 4.69) is 12.2 Å². The van der Waals surface area contributed by atoms with E-state index in [4.69, 9.17) is 16.3 Å². The highest BCUT2D eigenvalue weighted by atomic mass is 35.5. The van der Waals surface area contributed by atoms with Gasteiger partial charge in [0.05, 0.1) is 11.5 Å². The summed E-state index contributed by atoms with van der Waals surface area (Å²) in [5, 5.41) is 0.199. The number of rotatable bonds is 1. The summed E-state index contributed by atoms with van der Waals surface area (Å²) >= 11 is 6.10. The zero-order valence-electron chi connectivity index (χ0n) is 6.92. The van der Waals surface area contributed by atoms with Gasteiger partial charge in [-0.2, -0.15) is 0 Å². The Morgan fingerprint density at radius 1 is 1.27 bits per heavy atom. The zero-order chi connectivity index (χ0) is 8.10. The minimum absolute atomic E-state index is 0.199. The van der Waals surface area contributed by atoms with Gasteiger partial charge in [0, 0.05) is 7.11 Å². The van der Waals surface area contributed by atoms with Crippen LogP contribution in [-0.4, -0.2) is 18.6 Å². The molecule has 1 nitrogen and oxygen atoms in total. The van der Waals surface area contributed by atoms with Gasteiger partial charge in [0.15, 0.2) is 0 Å². The van der Waals surface area contributed by atoms with Crippen molar-refractivity contribution < 1.29 is 4.74 Å². The molecule has 1 aliphatic carbocycles. The monoisotopic (exact) mass is 174 g/mol. The molecule has 0 bridgehead atoms. The molecule has 0 saturated heterocycles. The standard InChI is InChI=1S/C9H15ClO/c1-11-9-7-5-3-2-4-6-8(9)10/h2-3,8-9H,4-7H2,1H3/b3-2-. The van der Waals surface area contributed by atoms with Crippen LogP contribution in [0.3, 0.4) is 0 Å². The Morgan fingerprint density at radius 2 is 1.91 bits per heavy atom. The molecule has 2 unspecified atom stereocenters. The molecule has 0 radical (unpaired) electrons. The van der Waals surface area contributed by atoms with Gasteiger partial charge in [0.2, 0.25) is 0 Å². The summed E-state index contributed by atoms with van der Waals surface area (Å²) in [5.74, 6) is 0. The van der Waals surface area contributed by atoms with Crippen molar-refractivity contribution in [3.63, 3.8) is 0 Å². The second-order valence-corrected chi connectivity index (χ2v) is 3.48. The van der Waals surface area contributed by atoms with Gasteiger partial charge in [-0.3, -0.25) is 0 Å². The lowest BCUT2D eigenvalue weighted by molar-refractivity contribution is 0.0896. The molecule has 0 N–H and O–H groups in total. The summed E-state index contributed by atoms with van der Waals surface area (Å²) in [4.78, 5) is 0. The second kappa shape index (κ2) is 4.78. The van der Waals surface area contributed by atoms with Crippen LogP contribution >= 0.6 is 11.6 Å². The van der Waals surface area contributed by atoms with Crippen LogP contribution in [0.2, 0.25) is 0 Å². The molecule has 0 aromatic heterocycles. The molecule has 0 aliphatic heterocycles. The van der Waals surface area contributed by atoms with E-state index in [0.29, 0.717) is 0 Å². The third-order valence-corrected chi connectivity index (χ3v) is 2.60. The molecule has 1 rings (SSSR count). The van der Waals surface area contributed by atoms with Crippen LogP contribution in [0.1, 0.15) is 25.7 Å². The summed E-state index contributed by atoms with van der Waals surface area (Å²) in [6.07, 6.45) is 8.96. The molecule has 2 atom stereocenters. The normalized spacial score (nSPS) is 35.8. The van der Waals surface area contributed by atoms with Crippen LogP contribution in [0.4, 0.5) is 0 Å². The van der Waals surface area contributed by atoms with Crippen molar-refractivity contribution in [2.45, 2.75) is 37.2 Å². The maximum Gasteiger partial charge on any atom is 0.0737 e. The van der Waals surface area contributed by atoms with E-state index < -0.39 is 0 Å². The molecular weight excluding hydrogens is 160 g/mol. The van der Waals surface area contributed by atoms with E-state index in [1.807, 2.05) is 0 Å². The molecule has 0 fully saturated rings. The van der Waals surface area contributed by atoms with Gasteiger partial charge in [0.1, 0.15) is 0 Å². The fraction of sp³-hybridized carbons (Fsp3) is 0.778. The number of alkyl halides is 1. The Balaban J connectivity index is 2.43. The Morgan fingerprint density at radius 3 is 2.55 bits per heavy atom. The molecule has 0 aromatic rings. The number of methoxy groups -OCH3 is 1. The van der Waals surface area contributed by atoms with Crippen LogP contribution in [0.5, 0.6) is 0 Å². The van der Waals surface area contributed by atoms with Crippen LogP contribution in [-0.2, 0) is 4.74 Å². The van der Waals surface area contributed by atoms with Gasteiger partial charge in [-0.25, -0.2) is 0 Å². The quantitative estimate of drug-likeness (QED) is 0.439. The predicted molar refractivity (Wildman–Crippen MR) is 48.0 cm³/mol. The molecule has 0 aromatic carbocycles. The van der Waals surface area contributed by atoms with Gasteiger partial charge in [-0.05, 0) is 25.7 Å². The highest BCUT2D eigenvalue weighted by Crippen LogP contribution is 2.20. The maximum atomic E-state index is 6.10. The van der Waals surface area contributed by atoms with E-state index in [1.54, 1.807) is 7.11 Å². The third kappa shape index (κ3) is 2.84. The number of halogens is 1. The lowest BCUT2D eigenvalue weighted by Gasteiger charge is -2.21. The molecule has 0 heterocycles. The SMILES string of the molecule is COC1CC/C=C\CCC1Cl. The van der Waals surface area contributed by atoms with Crippen molar-refractivity contribution >= 4 is 11.6 Å². The summed E-state index contributed by atoms with van der Waals surface area (Å²) < 4.78 is 5.27. The van der Waals surface area contributed by atoms with Crippen molar-refractivity contribution in [1.82, 2.24) is 0 Å². The van der Waals surface area contributed by atoms with E-state index in [9.17, 15) is 0 Å². The number of hydrogen-bond donors (Lipinski definition) is 0.